The van der Waals surface area contributed by atoms with Crippen molar-refractivity contribution in [3.8, 4) is 0 Å². The Kier molecular flexibility index (Phi) is 11.9. The van der Waals surface area contributed by atoms with Crippen molar-refractivity contribution in [3.63, 3.8) is 0 Å². The molecule has 1 rings (SSSR count). The third-order valence-electron chi connectivity index (χ3n) is 5.53. The van der Waals surface area contributed by atoms with E-state index in [2.05, 4.69) is 38.2 Å². The van der Waals surface area contributed by atoms with Crippen LogP contribution in [0.15, 0.2) is 24.3 Å². The second-order valence-electron chi connectivity index (χ2n) is 7.75. The van der Waals surface area contributed by atoms with Gasteiger partial charge in [0.25, 0.3) is 6.69 Å². The molecule has 0 fully saturated rings. The highest BCUT2D eigenvalue weighted by atomic mass is 35.8. The number of unbranched alkanes of at least 4 members (excludes halogenated alkanes) is 3. The number of hydrogen-bond donors (Lipinski definition) is 0. The van der Waals surface area contributed by atoms with Gasteiger partial charge in [-0.1, -0.05) is 76.7 Å². The van der Waals surface area contributed by atoms with E-state index in [9.17, 15) is 0 Å². The fourth-order valence-electron chi connectivity index (χ4n) is 3.80. The molecule has 0 saturated heterocycles. The van der Waals surface area contributed by atoms with Gasteiger partial charge in [0.1, 0.15) is 0 Å². The van der Waals surface area contributed by atoms with E-state index in [0.717, 1.165) is 43.8 Å². The van der Waals surface area contributed by atoms with Crippen molar-refractivity contribution < 1.29 is 0 Å². The summed E-state index contributed by atoms with van der Waals surface area (Å²) in [5, 5.41) is 0. The Balaban J connectivity index is 2.53. The Hall–Kier alpha value is 1.36. The average Bonchev–Trinajstić information content (AvgIpc) is 2.53. The molecule has 0 spiro atoms. The monoisotopic (exact) mass is 492 g/mol. The van der Waals surface area contributed by atoms with Crippen LogP contribution in [0.3, 0.4) is 0 Å². The van der Waals surface area contributed by atoms with Gasteiger partial charge in [-0.15, -0.1) is 55.4 Å². The Morgan fingerprint density at radius 3 is 2.00 bits per heavy atom. The van der Waals surface area contributed by atoms with Gasteiger partial charge >= 0.3 is 6.00 Å². The Morgan fingerprint density at radius 2 is 1.42 bits per heavy atom. The fourth-order valence-corrected chi connectivity index (χ4v) is 8.89. The van der Waals surface area contributed by atoms with Crippen molar-refractivity contribution >= 4 is 68.1 Å². The molecule has 2 unspecified atom stereocenters. The van der Waals surface area contributed by atoms with Crippen molar-refractivity contribution in [1.29, 1.82) is 0 Å². The van der Waals surface area contributed by atoms with Crippen LogP contribution in [-0.4, -0.2) is 12.7 Å². The molecule has 0 nitrogen and oxygen atoms in total. The van der Waals surface area contributed by atoms with Gasteiger partial charge in [-0.3, -0.25) is 0 Å². The number of allylic oxidation sites excluding steroid dienone is 4. The van der Waals surface area contributed by atoms with Crippen molar-refractivity contribution in [3.05, 3.63) is 24.3 Å². The summed E-state index contributed by atoms with van der Waals surface area (Å²) in [7, 11) is 0. The van der Waals surface area contributed by atoms with Gasteiger partial charge in [-0.25, -0.2) is 0 Å². The summed E-state index contributed by atoms with van der Waals surface area (Å²) in [5.41, 5.74) is 0.152. The molecule has 0 amide bonds. The number of rotatable bonds is 13. The van der Waals surface area contributed by atoms with Crippen LogP contribution in [0.4, 0.5) is 0 Å². The standard InChI is InChI=1S/C19H33Cl5Si2/c1-3-4-5-8-15-25(20,21)16-9-13-19(12-7-6-11-18(19)2)14-10-17-26(22,23)24/h6-7,11-12,18H,3-5,8-10,13-17H2,1-2H3. The van der Waals surface area contributed by atoms with E-state index < -0.39 is 12.7 Å². The predicted octanol–water partition coefficient (Wildman–Crippen LogP) is 9.45. The zero-order valence-corrected chi connectivity index (χ0v) is 21.8. The van der Waals surface area contributed by atoms with E-state index in [0.29, 0.717) is 5.92 Å². The minimum atomic E-state index is -2.54. The molecule has 0 heterocycles. The summed E-state index contributed by atoms with van der Waals surface area (Å²) in [4.78, 5) is 0. The lowest BCUT2D eigenvalue weighted by Gasteiger charge is -2.38. The summed E-state index contributed by atoms with van der Waals surface area (Å²) >= 11 is 31.6. The third-order valence-corrected chi connectivity index (χ3v) is 12.6. The van der Waals surface area contributed by atoms with Crippen LogP contribution in [-0.2, 0) is 0 Å². The molecule has 152 valence electrons. The molecular formula is C19H33Cl5Si2. The molecule has 0 saturated carbocycles. The van der Waals surface area contributed by atoms with Crippen LogP contribution in [0.2, 0.25) is 18.1 Å². The summed E-state index contributed by atoms with van der Waals surface area (Å²) in [5.74, 6) is 0.496. The van der Waals surface area contributed by atoms with E-state index >= 15 is 0 Å². The molecule has 1 aliphatic rings. The highest BCUT2D eigenvalue weighted by Crippen LogP contribution is 2.45. The summed E-state index contributed by atoms with van der Waals surface area (Å²) in [6.45, 7) is 2.41. The van der Waals surface area contributed by atoms with Gasteiger partial charge in [-0.2, -0.15) is 0 Å². The minimum absolute atomic E-state index is 0.152. The maximum atomic E-state index is 6.70. The van der Waals surface area contributed by atoms with Gasteiger partial charge < -0.3 is 0 Å². The van der Waals surface area contributed by atoms with E-state index in [1.165, 1.54) is 25.7 Å². The van der Waals surface area contributed by atoms with Crippen LogP contribution in [0, 0.1) is 11.3 Å². The molecule has 0 bridgehead atoms. The maximum absolute atomic E-state index is 6.70. The van der Waals surface area contributed by atoms with Crippen LogP contribution >= 0.6 is 55.4 Å². The van der Waals surface area contributed by atoms with Crippen molar-refractivity contribution in [1.82, 2.24) is 0 Å². The van der Waals surface area contributed by atoms with Crippen molar-refractivity contribution in [2.45, 2.75) is 83.3 Å². The molecule has 0 aromatic rings. The average molecular weight is 495 g/mol. The second-order valence-corrected chi connectivity index (χ2v) is 24.7. The first-order chi connectivity index (χ1) is 12.1. The number of hydrogen-bond acceptors (Lipinski definition) is 0. The first-order valence-electron chi connectivity index (χ1n) is 9.91. The molecular weight excluding hydrogens is 462 g/mol. The lowest BCUT2D eigenvalue weighted by molar-refractivity contribution is 0.240. The fraction of sp³-hybridized carbons (Fsp3) is 0.789. The first-order valence-corrected chi connectivity index (χ1v) is 19.6. The SMILES string of the molecule is CCCCCC[Si](Cl)(Cl)CCCC1(CCC[Si](Cl)(Cl)Cl)C=CC=CC1C. The van der Waals surface area contributed by atoms with E-state index in [1.807, 2.05) is 0 Å². The summed E-state index contributed by atoms with van der Waals surface area (Å²) in [6, 6.07) is 0.187. The van der Waals surface area contributed by atoms with Crippen LogP contribution in [0.5, 0.6) is 0 Å². The van der Waals surface area contributed by atoms with Gasteiger partial charge in [0.05, 0.1) is 0 Å². The lowest BCUT2D eigenvalue weighted by Crippen LogP contribution is -2.29. The highest BCUT2D eigenvalue weighted by Gasteiger charge is 2.36. The summed E-state index contributed by atoms with van der Waals surface area (Å²) in [6.07, 6.45) is 18.1. The zero-order chi connectivity index (χ0) is 19.7. The predicted molar refractivity (Wildman–Crippen MR) is 128 cm³/mol. The van der Waals surface area contributed by atoms with E-state index in [4.69, 9.17) is 55.4 Å². The Labute approximate surface area is 186 Å². The van der Waals surface area contributed by atoms with Gasteiger partial charge in [-0.05, 0) is 42.3 Å². The van der Waals surface area contributed by atoms with Crippen LogP contribution in [0.25, 0.3) is 0 Å². The lowest BCUT2D eigenvalue weighted by atomic mass is 9.68. The smallest absolute Gasteiger partial charge is 0.146 e. The quantitative estimate of drug-likeness (QED) is 0.136. The number of halogens is 5. The van der Waals surface area contributed by atoms with Gasteiger partial charge in [0, 0.05) is 0 Å². The Morgan fingerprint density at radius 1 is 0.808 bits per heavy atom. The third kappa shape index (κ3) is 10.2. The molecule has 26 heavy (non-hydrogen) atoms. The zero-order valence-electron chi connectivity index (χ0n) is 16.1. The minimum Gasteiger partial charge on any atom is -0.146 e. The van der Waals surface area contributed by atoms with Gasteiger partial charge in [0.2, 0.25) is 0 Å². The molecule has 0 N–H and O–H groups in total. The van der Waals surface area contributed by atoms with E-state index in [-0.39, 0.29) is 5.41 Å². The molecule has 0 aromatic carbocycles. The first kappa shape index (κ1) is 25.4. The van der Waals surface area contributed by atoms with Crippen molar-refractivity contribution in [2.24, 2.45) is 11.3 Å². The van der Waals surface area contributed by atoms with Crippen molar-refractivity contribution in [2.75, 3.05) is 0 Å². The van der Waals surface area contributed by atoms with Gasteiger partial charge in [0.15, 0.2) is 0 Å². The Bertz CT molecular complexity index is 459. The normalized spacial score (nSPS) is 23.6. The molecule has 2 atom stereocenters. The maximum Gasteiger partial charge on any atom is 0.341 e. The molecule has 0 radical (unpaired) electrons. The van der Waals surface area contributed by atoms with Crippen LogP contribution < -0.4 is 0 Å². The molecule has 0 aromatic heterocycles. The highest BCUT2D eigenvalue weighted by molar-refractivity contribution is 7.64. The second kappa shape index (κ2) is 12.1. The summed E-state index contributed by atoms with van der Waals surface area (Å²) < 4.78 is 0. The molecule has 1 aliphatic carbocycles. The molecule has 7 heteroatoms. The molecule has 0 aliphatic heterocycles. The van der Waals surface area contributed by atoms with E-state index in [1.54, 1.807) is 0 Å². The topological polar surface area (TPSA) is 0 Å². The van der Waals surface area contributed by atoms with Crippen LogP contribution in [0.1, 0.15) is 65.2 Å². The largest absolute Gasteiger partial charge is 0.341 e.